The Balaban J connectivity index is 1.82. The summed E-state index contributed by atoms with van der Waals surface area (Å²) in [5, 5.41) is 11.0. The van der Waals surface area contributed by atoms with Gasteiger partial charge in [-0.15, -0.1) is 0 Å². The van der Waals surface area contributed by atoms with Gasteiger partial charge in [0.2, 0.25) is 0 Å². The Morgan fingerprint density at radius 3 is 2.52 bits per heavy atom. The van der Waals surface area contributed by atoms with Gasteiger partial charge in [0, 0.05) is 64.3 Å². The second-order valence-corrected chi connectivity index (χ2v) is 6.73. The van der Waals surface area contributed by atoms with Crippen LogP contribution < -0.4 is 10.6 Å². The van der Waals surface area contributed by atoms with Crippen LogP contribution >= 0.6 is 0 Å². The fraction of sp³-hybridized carbons (Fsp3) is 0.778. The van der Waals surface area contributed by atoms with E-state index in [2.05, 4.69) is 58.4 Å². The molecule has 0 aliphatic carbocycles. The molecule has 1 fully saturated rings. The minimum atomic E-state index is 0.486. The van der Waals surface area contributed by atoms with Crippen LogP contribution in [0.4, 0.5) is 0 Å². The number of aromatic nitrogens is 1. The van der Waals surface area contributed by atoms with Crippen molar-refractivity contribution in [3.05, 3.63) is 17.0 Å². The largest absolute Gasteiger partial charge is 0.361 e. The summed E-state index contributed by atoms with van der Waals surface area (Å²) < 4.78 is 5.43. The lowest BCUT2D eigenvalue weighted by Crippen LogP contribution is -2.52. The summed E-state index contributed by atoms with van der Waals surface area (Å²) in [6.07, 6.45) is 1.74. The lowest BCUT2D eigenvalue weighted by atomic mass is 10.1. The van der Waals surface area contributed by atoms with Gasteiger partial charge in [-0.05, 0) is 20.4 Å². The Bertz CT molecular complexity index is 526. The summed E-state index contributed by atoms with van der Waals surface area (Å²) in [5.74, 6) is 1.79. The third-order valence-corrected chi connectivity index (χ3v) is 4.99. The predicted octanol–water partition coefficient (Wildman–Crippen LogP) is 1.10. The molecule has 0 spiro atoms. The number of piperazine rings is 1. The van der Waals surface area contributed by atoms with E-state index in [1.807, 2.05) is 7.05 Å². The highest BCUT2D eigenvalue weighted by Crippen LogP contribution is 2.15. The molecule has 0 saturated carbocycles. The summed E-state index contributed by atoms with van der Waals surface area (Å²) in [6.45, 7) is 12.6. The number of hydrogen-bond acceptors (Lipinski definition) is 5. The van der Waals surface area contributed by atoms with E-state index in [9.17, 15) is 0 Å². The SMILES string of the molecule is CCc1noc(CC)c1CNC(=NC)NCC(C)N1CCN(C)CC1. The van der Waals surface area contributed by atoms with Gasteiger partial charge in [-0.1, -0.05) is 19.0 Å². The number of guanidine groups is 1. The van der Waals surface area contributed by atoms with Crippen molar-refractivity contribution in [1.82, 2.24) is 25.6 Å². The molecule has 1 aromatic rings. The van der Waals surface area contributed by atoms with E-state index in [1.165, 1.54) is 5.56 Å². The second kappa shape index (κ2) is 9.77. The Morgan fingerprint density at radius 1 is 1.20 bits per heavy atom. The van der Waals surface area contributed by atoms with Gasteiger partial charge >= 0.3 is 0 Å². The second-order valence-electron chi connectivity index (χ2n) is 6.73. The molecule has 7 nitrogen and oxygen atoms in total. The van der Waals surface area contributed by atoms with Gasteiger partial charge in [-0.25, -0.2) is 0 Å². The molecule has 7 heteroatoms. The predicted molar refractivity (Wildman–Crippen MR) is 102 cm³/mol. The first-order valence-electron chi connectivity index (χ1n) is 9.42. The van der Waals surface area contributed by atoms with Crippen LogP contribution in [0.15, 0.2) is 9.52 Å². The number of nitrogens with zero attached hydrogens (tertiary/aromatic N) is 4. The van der Waals surface area contributed by atoms with Crippen LogP contribution in [0.25, 0.3) is 0 Å². The maximum Gasteiger partial charge on any atom is 0.191 e. The Labute approximate surface area is 151 Å². The fourth-order valence-electron chi connectivity index (χ4n) is 3.17. The molecule has 1 aromatic heterocycles. The van der Waals surface area contributed by atoms with Crippen LogP contribution in [0.3, 0.4) is 0 Å². The molecule has 2 N–H and O–H groups in total. The minimum Gasteiger partial charge on any atom is -0.361 e. The molecule has 0 amide bonds. The summed E-state index contributed by atoms with van der Waals surface area (Å²) >= 11 is 0. The molecular formula is C18H34N6O. The van der Waals surface area contributed by atoms with E-state index in [4.69, 9.17) is 4.52 Å². The van der Waals surface area contributed by atoms with Gasteiger partial charge in [0.1, 0.15) is 5.76 Å². The van der Waals surface area contributed by atoms with Crippen molar-refractivity contribution in [2.24, 2.45) is 4.99 Å². The first kappa shape index (κ1) is 19.7. The molecule has 2 rings (SSSR count). The van der Waals surface area contributed by atoms with Crippen LogP contribution in [0, 0.1) is 0 Å². The van der Waals surface area contributed by atoms with Gasteiger partial charge in [0.25, 0.3) is 0 Å². The van der Waals surface area contributed by atoms with Crippen molar-refractivity contribution < 1.29 is 4.52 Å². The van der Waals surface area contributed by atoms with Crippen LogP contribution in [0.2, 0.25) is 0 Å². The van der Waals surface area contributed by atoms with Gasteiger partial charge in [0.05, 0.1) is 5.69 Å². The Hall–Kier alpha value is -1.60. The Morgan fingerprint density at radius 2 is 1.92 bits per heavy atom. The molecule has 142 valence electrons. The standard InChI is InChI=1S/C18H34N6O/c1-6-16-15(17(7-2)25-22-16)13-21-18(19-4)20-12-14(3)24-10-8-23(5)9-11-24/h14H,6-13H2,1-5H3,(H2,19,20,21). The minimum absolute atomic E-state index is 0.486. The zero-order chi connectivity index (χ0) is 18.2. The monoisotopic (exact) mass is 350 g/mol. The first-order chi connectivity index (χ1) is 12.1. The first-order valence-corrected chi connectivity index (χ1v) is 9.42. The van der Waals surface area contributed by atoms with E-state index >= 15 is 0 Å². The van der Waals surface area contributed by atoms with E-state index in [0.29, 0.717) is 12.6 Å². The van der Waals surface area contributed by atoms with E-state index in [-0.39, 0.29) is 0 Å². The quantitative estimate of drug-likeness (QED) is 0.567. The third-order valence-electron chi connectivity index (χ3n) is 4.99. The number of likely N-dealkylation sites (N-methyl/N-ethyl adjacent to an activating group) is 1. The zero-order valence-corrected chi connectivity index (χ0v) is 16.4. The molecule has 1 atom stereocenters. The number of aliphatic imine (C=N–C) groups is 1. The number of nitrogens with one attached hydrogen (secondary N) is 2. The summed E-state index contributed by atoms with van der Waals surface area (Å²) in [5.41, 5.74) is 2.20. The van der Waals surface area contributed by atoms with Crippen molar-refractivity contribution in [1.29, 1.82) is 0 Å². The molecular weight excluding hydrogens is 316 g/mol. The van der Waals surface area contributed by atoms with Crippen molar-refractivity contribution in [3.63, 3.8) is 0 Å². The van der Waals surface area contributed by atoms with Crippen LogP contribution in [-0.4, -0.2) is 73.8 Å². The van der Waals surface area contributed by atoms with Crippen LogP contribution in [0.5, 0.6) is 0 Å². The molecule has 25 heavy (non-hydrogen) atoms. The van der Waals surface area contributed by atoms with E-state index in [0.717, 1.165) is 63.0 Å². The van der Waals surface area contributed by atoms with Crippen molar-refractivity contribution in [2.75, 3.05) is 46.8 Å². The van der Waals surface area contributed by atoms with E-state index < -0.39 is 0 Å². The molecule has 0 radical (unpaired) electrons. The molecule has 2 heterocycles. The van der Waals surface area contributed by atoms with Crippen LogP contribution in [-0.2, 0) is 19.4 Å². The van der Waals surface area contributed by atoms with Gasteiger partial charge in [0.15, 0.2) is 5.96 Å². The summed E-state index contributed by atoms with van der Waals surface area (Å²) in [6, 6.07) is 0.486. The van der Waals surface area contributed by atoms with Gasteiger partial charge < -0.3 is 20.1 Å². The summed E-state index contributed by atoms with van der Waals surface area (Å²) in [4.78, 5) is 9.26. The molecule has 1 aliphatic rings. The number of hydrogen-bond donors (Lipinski definition) is 2. The molecule has 0 bridgehead atoms. The smallest absolute Gasteiger partial charge is 0.191 e. The van der Waals surface area contributed by atoms with E-state index in [1.54, 1.807) is 0 Å². The Kier molecular flexibility index (Phi) is 7.71. The van der Waals surface area contributed by atoms with Crippen molar-refractivity contribution >= 4 is 5.96 Å². The summed E-state index contributed by atoms with van der Waals surface area (Å²) in [7, 11) is 4.00. The van der Waals surface area contributed by atoms with Gasteiger partial charge in [-0.2, -0.15) is 0 Å². The lowest BCUT2D eigenvalue weighted by molar-refractivity contribution is 0.120. The molecule has 1 aliphatic heterocycles. The normalized spacial score (nSPS) is 18.4. The zero-order valence-electron chi connectivity index (χ0n) is 16.4. The van der Waals surface area contributed by atoms with Crippen LogP contribution in [0.1, 0.15) is 37.8 Å². The van der Waals surface area contributed by atoms with Crippen molar-refractivity contribution in [3.8, 4) is 0 Å². The highest BCUT2D eigenvalue weighted by molar-refractivity contribution is 5.79. The van der Waals surface area contributed by atoms with Crippen molar-refractivity contribution in [2.45, 2.75) is 46.2 Å². The molecule has 1 unspecified atom stereocenters. The maximum absolute atomic E-state index is 5.43. The lowest BCUT2D eigenvalue weighted by Gasteiger charge is -2.36. The topological polar surface area (TPSA) is 68.9 Å². The number of aryl methyl sites for hydroxylation is 2. The molecule has 0 aromatic carbocycles. The highest BCUT2D eigenvalue weighted by Gasteiger charge is 2.19. The highest BCUT2D eigenvalue weighted by atomic mass is 16.5. The maximum atomic E-state index is 5.43. The average Bonchev–Trinajstić information content (AvgIpc) is 3.04. The number of rotatable bonds is 7. The average molecular weight is 351 g/mol. The molecule has 1 saturated heterocycles. The van der Waals surface area contributed by atoms with Gasteiger partial charge in [-0.3, -0.25) is 9.89 Å². The fourth-order valence-corrected chi connectivity index (χ4v) is 3.17. The third kappa shape index (κ3) is 5.44.